The largest absolute Gasteiger partial charge is 0.495 e. The fraction of sp³-hybridized carbons (Fsp3) is 0.176. The first-order chi connectivity index (χ1) is 11.5. The maximum absolute atomic E-state index is 13.5. The lowest BCUT2D eigenvalue weighted by Crippen LogP contribution is -2.22. The monoisotopic (exact) mass is 331 g/mol. The fourth-order valence-corrected chi connectivity index (χ4v) is 2.06. The highest BCUT2D eigenvalue weighted by Crippen LogP contribution is 2.27. The van der Waals surface area contributed by atoms with Crippen molar-refractivity contribution in [3.05, 3.63) is 48.3 Å². The van der Waals surface area contributed by atoms with E-state index < -0.39 is 5.82 Å². The quantitative estimate of drug-likeness (QED) is 0.760. The van der Waals surface area contributed by atoms with Gasteiger partial charge in [-0.15, -0.1) is 0 Å². The molecule has 0 saturated heterocycles. The van der Waals surface area contributed by atoms with Crippen molar-refractivity contribution in [3.63, 3.8) is 0 Å². The second-order valence-corrected chi connectivity index (χ2v) is 4.98. The Morgan fingerprint density at radius 3 is 2.50 bits per heavy atom. The van der Waals surface area contributed by atoms with Gasteiger partial charge in [0.1, 0.15) is 11.6 Å². The number of hydrogen-bond acceptors (Lipinski definition) is 4. The topological polar surface area (TPSA) is 79.5 Å². The minimum Gasteiger partial charge on any atom is -0.495 e. The van der Waals surface area contributed by atoms with Gasteiger partial charge in [0.2, 0.25) is 11.8 Å². The number of rotatable bonds is 6. The number of carbonyl (C=O) groups is 2. The number of amides is 2. The molecule has 126 valence electrons. The van der Waals surface area contributed by atoms with E-state index in [9.17, 15) is 14.0 Å². The van der Waals surface area contributed by atoms with Crippen LogP contribution in [0, 0.1) is 5.82 Å². The first-order valence-electron chi connectivity index (χ1n) is 7.23. The Morgan fingerprint density at radius 1 is 1.08 bits per heavy atom. The smallest absolute Gasteiger partial charge is 0.243 e. The summed E-state index contributed by atoms with van der Waals surface area (Å²) in [6.07, 6.45) is 0. The highest BCUT2D eigenvalue weighted by Gasteiger charge is 2.10. The Balaban J connectivity index is 2.04. The molecule has 0 aromatic heterocycles. The van der Waals surface area contributed by atoms with Gasteiger partial charge < -0.3 is 20.7 Å². The molecule has 0 radical (unpaired) electrons. The molecule has 0 fully saturated rings. The van der Waals surface area contributed by atoms with Gasteiger partial charge in [-0.2, -0.15) is 0 Å². The molecule has 0 unspecified atom stereocenters. The standard InChI is InChI=1S/C17H18FN3O3/c1-11(22)20-12-7-8-16(24-2)15(9-12)21-17(23)10-19-14-6-4-3-5-13(14)18/h3-9,19H,10H2,1-2H3,(H,20,22)(H,21,23). The molecule has 0 spiro atoms. The number of nitrogens with one attached hydrogen (secondary N) is 3. The van der Waals surface area contributed by atoms with Crippen LogP contribution in [0.1, 0.15) is 6.92 Å². The Bertz CT molecular complexity index is 750. The predicted octanol–water partition coefficient (Wildman–Crippen LogP) is 2.84. The van der Waals surface area contributed by atoms with Crippen LogP contribution in [-0.2, 0) is 9.59 Å². The van der Waals surface area contributed by atoms with E-state index in [4.69, 9.17) is 4.74 Å². The molecule has 0 heterocycles. The van der Waals surface area contributed by atoms with Crippen molar-refractivity contribution in [1.29, 1.82) is 0 Å². The van der Waals surface area contributed by atoms with Gasteiger partial charge in [-0.05, 0) is 30.3 Å². The minimum absolute atomic E-state index is 0.117. The molecule has 0 aliphatic heterocycles. The van der Waals surface area contributed by atoms with Gasteiger partial charge >= 0.3 is 0 Å². The molecule has 2 amide bonds. The van der Waals surface area contributed by atoms with Crippen LogP contribution in [-0.4, -0.2) is 25.5 Å². The van der Waals surface area contributed by atoms with Crippen LogP contribution in [0.3, 0.4) is 0 Å². The number of methoxy groups -OCH3 is 1. The third-order valence-corrected chi connectivity index (χ3v) is 3.11. The van der Waals surface area contributed by atoms with Crippen LogP contribution in [0.15, 0.2) is 42.5 Å². The number of ether oxygens (including phenoxy) is 1. The summed E-state index contributed by atoms with van der Waals surface area (Å²) in [6, 6.07) is 11.0. The molecular weight excluding hydrogens is 313 g/mol. The van der Waals surface area contributed by atoms with Gasteiger partial charge in [0.05, 0.1) is 25.0 Å². The predicted molar refractivity (Wildman–Crippen MR) is 90.8 cm³/mol. The Kier molecular flexibility index (Phi) is 5.73. The number of carbonyl (C=O) groups excluding carboxylic acids is 2. The van der Waals surface area contributed by atoms with E-state index in [1.807, 2.05) is 0 Å². The molecular formula is C17H18FN3O3. The fourth-order valence-electron chi connectivity index (χ4n) is 2.06. The summed E-state index contributed by atoms with van der Waals surface area (Å²) in [5.74, 6) is -0.589. The van der Waals surface area contributed by atoms with Crippen molar-refractivity contribution in [1.82, 2.24) is 0 Å². The highest BCUT2D eigenvalue weighted by molar-refractivity contribution is 5.96. The second kappa shape index (κ2) is 7.96. The van der Waals surface area contributed by atoms with E-state index >= 15 is 0 Å². The van der Waals surface area contributed by atoms with E-state index in [-0.39, 0.29) is 24.0 Å². The van der Waals surface area contributed by atoms with Gasteiger partial charge in [-0.25, -0.2) is 4.39 Å². The zero-order valence-electron chi connectivity index (χ0n) is 13.4. The van der Waals surface area contributed by atoms with Gasteiger partial charge in [0, 0.05) is 12.6 Å². The molecule has 2 aromatic rings. The summed E-state index contributed by atoms with van der Waals surface area (Å²) in [5.41, 5.74) is 1.18. The number of anilines is 3. The van der Waals surface area contributed by atoms with Crippen LogP contribution in [0.25, 0.3) is 0 Å². The summed E-state index contributed by atoms with van der Waals surface area (Å²) in [4.78, 5) is 23.2. The maximum atomic E-state index is 13.5. The average Bonchev–Trinajstić information content (AvgIpc) is 2.54. The zero-order valence-corrected chi connectivity index (χ0v) is 13.4. The molecule has 2 aromatic carbocycles. The summed E-state index contributed by atoms with van der Waals surface area (Å²) >= 11 is 0. The van der Waals surface area contributed by atoms with Crippen LogP contribution in [0.2, 0.25) is 0 Å². The average molecular weight is 331 g/mol. The van der Waals surface area contributed by atoms with E-state index in [1.54, 1.807) is 36.4 Å². The third kappa shape index (κ3) is 4.70. The molecule has 3 N–H and O–H groups in total. The Labute approximate surface area is 139 Å². The Hall–Kier alpha value is -3.09. The number of para-hydroxylation sites is 1. The van der Waals surface area contributed by atoms with Crippen molar-refractivity contribution in [2.75, 3.05) is 29.6 Å². The molecule has 0 bridgehead atoms. The SMILES string of the molecule is COc1ccc(NC(C)=O)cc1NC(=O)CNc1ccccc1F. The maximum Gasteiger partial charge on any atom is 0.243 e. The number of hydrogen-bond donors (Lipinski definition) is 3. The van der Waals surface area contributed by atoms with Crippen molar-refractivity contribution in [3.8, 4) is 5.75 Å². The van der Waals surface area contributed by atoms with Crippen molar-refractivity contribution < 1.29 is 18.7 Å². The summed E-state index contributed by atoms with van der Waals surface area (Å²) in [6.45, 7) is 1.27. The molecule has 24 heavy (non-hydrogen) atoms. The van der Waals surface area contributed by atoms with Crippen LogP contribution >= 0.6 is 0 Å². The molecule has 2 rings (SSSR count). The number of benzene rings is 2. The third-order valence-electron chi connectivity index (χ3n) is 3.11. The summed E-state index contributed by atoms with van der Waals surface area (Å²) < 4.78 is 18.7. The van der Waals surface area contributed by atoms with Gasteiger partial charge in [0.15, 0.2) is 0 Å². The Morgan fingerprint density at radius 2 is 1.83 bits per heavy atom. The van der Waals surface area contributed by atoms with Crippen molar-refractivity contribution in [2.45, 2.75) is 6.92 Å². The van der Waals surface area contributed by atoms with E-state index in [0.29, 0.717) is 17.1 Å². The lowest BCUT2D eigenvalue weighted by molar-refractivity contribution is -0.115. The minimum atomic E-state index is -0.435. The van der Waals surface area contributed by atoms with Gasteiger partial charge in [-0.1, -0.05) is 12.1 Å². The van der Waals surface area contributed by atoms with E-state index in [2.05, 4.69) is 16.0 Å². The van der Waals surface area contributed by atoms with Crippen LogP contribution in [0.5, 0.6) is 5.75 Å². The van der Waals surface area contributed by atoms with Crippen LogP contribution in [0.4, 0.5) is 21.5 Å². The normalized spacial score (nSPS) is 9.96. The van der Waals surface area contributed by atoms with Gasteiger partial charge in [-0.3, -0.25) is 9.59 Å². The molecule has 0 aliphatic rings. The first-order valence-corrected chi connectivity index (χ1v) is 7.23. The van der Waals surface area contributed by atoms with Gasteiger partial charge in [0.25, 0.3) is 0 Å². The van der Waals surface area contributed by atoms with Crippen molar-refractivity contribution >= 4 is 28.9 Å². The number of halogens is 1. The summed E-state index contributed by atoms with van der Waals surface area (Å²) in [5, 5.41) is 8.01. The molecule has 7 heteroatoms. The summed E-state index contributed by atoms with van der Waals surface area (Å²) in [7, 11) is 1.47. The first kappa shape index (κ1) is 17.3. The lowest BCUT2D eigenvalue weighted by atomic mass is 10.2. The van der Waals surface area contributed by atoms with Crippen LogP contribution < -0.4 is 20.7 Å². The molecule has 0 saturated carbocycles. The van der Waals surface area contributed by atoms with E-state index in [0.717, 1.165) is 0 Å². The highest BCUT2D eigenvalue weighted by atomic mass is 19.1. The lowest BCUT2D eigenvalue weighted by Gasteiger charge is -2.13. The molecule has 0 aliphatic carbocycles. The van der Waals surface area contributed by atoms with E-state index in [1.165, 1.54) is 20.1 Å². The molecule has 6 nitrogen and oxygen atoms in total. The second-order valence-electron chi connectivity index (χ2n) is 4.98. The zero-order chi connectivity index (χ0) is 17.5. The molecule has 0 atom stereocenters. The van der Waals surface area contributed by atoms with Crippen molar-refractivity contribution in [2.24, 2.45) is 0 Å².